The van der Waals surface area contributed by atoms with E-state index in [4.69, 9.17) is 24.3 Å². The maximum Gasteiger partial charge on any atom is 0.472 e. The molecule has 368 valence electrons. The van der Waals surface area contributed by atoms with Crippen molar-refractivity contribution in [3.8, 4) is 0 Å². The van der Waals surface area contributed by atoms with E-state index in [1.54, 1.807) is 0 Å². The van der Waals surface area contributed by atoms with Gasteiger partial charge in [-0.1, -0.05) is 238 Å². The number of hydrogen-bond acceptors (Lipinski definition) is 8. The molecule has 0 saturated heterocycles. The molecule has 0 aromatic heterocycles. The van der Waals surface area contributed by atoms with Crippen LogP contribution in [-0.4, -0.2) is 49.3 Å². The first-order valence-electron chi connectivity index (χ1n) is 26.7. The van der Waals surface area contributed by atoms with Crippen LogP contribution in [0.3, 0.4) is 0 Å². The topological polar surface area (TPSA) is 134 Å². The van der Waals surface area contributed by atoms with Crippen molar-refractivity contribution in [2.75, 3.05) is 26.4 Å². The van der Waals surface area contributed by atoms with Crippen LogP contribution in [0.1, 0.15) is 277 Å². The fourth-order valence-corrected chi connectivity index (χ4v) is 8.69. The van der Waals surface area contributed by atoms with E-state index in [2.05, 4.69) is 26.0 Å². The Morgan fingerprint density at radius 1 is 0.468 bits per heavy atom. The fraction of sp³-hybridized carbons (Fsp3) is 0.923. The lowest BCUT2D eigenvalue weighted by Crippen LogP contribution is -2.29. The summed E-state index contributed by atoms with van der Waals surface area (Å²) in [6, 6.07) is 0. The maximum absolute atomic E-state index is 12.7. The zero-order chi connectivity index (χ0) is 45.3. The Morgan fingerprint density at radius 2 is 0.790 bits per heavy atom. The minimum absolute atomic E-state index is 0.0568. The predicted octanol–water partition coefficient (Wildman–Crippen LogP) is 16.1. The average Bonchev–Trinajstić information content (AvgIpc) is 3.26. The molecular formula is C52H102NO8P. The number of phosphoric ester groups is 1. The van der Waals surface area contributed by atoms with Crippen LogP contribution in [0.2, 0.25) is 0 Å². The van der Waals surface area contributed by atoms with Crippen LogP contribution in [0.25, 0.3) is 0 Å². The van der Waals surface area contributed by atoms with Crippen molar-refractivity contribution in [2.24, 2.45) is 5.73 Å². The van der Waals surface area contributed by atoms with E-state index in [0.29, 0.717) is 6.42 Å². The zero-order valence-electron chi connectivity index (χ0n) is 40.9. The highest BCUT2D eigenvalue weighted by Crippen LogP contribution is 2.43. The van der Waals surface area contributed by atoms with Crippen molar-refractivity contribution >= 4 is 19.8 Å². The number of hydrogen-bond donors (Lipinski definition) is 2. The summed E-state index contributed by atoms with van der Waals surface area (Å²) in [6.07, 6.45) is 53.9. The summed E-state index contributed by atoms with van der Waals surface area (Å²) in [7, 11) is -4.38. The lowest BCUT2D eigenvalue weighted by Gasteiger charge is -2.19. The van der Waals surface area contributed by atoms with Gasteiger partial charge in [0.1, 0.15) is 6.61 Å². The molecule has 0 aromatic rings. The first kappa shape index (κ1) is 60.8. The number of phosphoric acid groups is 1. The molecule has 3 N–H and O–H groups in total. The van der Waals surface area contributed by atoms with E-state index in [9.17, 15) is 19.0 Å². The molecule has 0 bridgehead atoms. The molecule has 0 radical (unpaired) electrons. The van der Waals surface area contributed by atoms with E-state index >= 15 is 0 Å². The van der Waals surface area contributed by atoms with Crippen LogP contribution < -0.4 is 5.73 Å². The highest BCUT2D eigenvalue weighted by molar-refractivity contribution is 7.47. The Morgan fingerprint density at radius 3 is 1.15 bits per heavy atom. The largest absolute Gasteiger partial charge is 0.472 e. The van der Waals surface area contributed by atoms with Crippen LogP contribution in [0.4, 0.5) is 0 Å². The van der Waals surface area contributed by atoms with Gasteiger partial charge in [-0.3, -0.25) is 18.6 Å². The number of carbonyl (C=O) groups excluding carboxylic acids is 2. The number of ether oxygens (including phenoxy) is 2. The quantitative estimate of drug-likeness (QED) is 0.0265. The molecule has 0 aliphatic carbocycles. The smallest absolute Gasteiger partial charge is 0.462 e. The number of carbonyl (C=O) groups is 2. The molecule has 0 aliphatic rings. The van der Waals surface area contributed by atoms with E-state index in [1.807, 2.05) is 0 Å². The zero-order valence-corrected chi connectivity index (χ0v) is 41.8. The Kier molecular flexibility index (Phi) is 48.2. The first-order valence-corrected chi connectivity index (χ1v) is 28.2. The van der Waals surface area contributed by atoms with Crippen LogP contribution in [-0.2, 0) is 32.7 Å². The highest BCUT2D eigenvalue weighted by atomic mass is 31.2. The van der Waals surface area contributed by atoms with E-state index in [0.717, 1.165) is 32.1 Å². The molecule has 10 heteroatoms. The Hall–Kier alpha value is -1.25. The van der Waals surface area contributed by atoms with Crippen LogP contribution in [0.5, 0.6) is 0 Å². The van der Waals surface area contributed by atoms with Gasteiger partial charge in [0, 0.05) is 19.4 Å². The third kappa shape index (κ3) is 48.2. The number of rotatable bonds is 51. The summed E-state index contributed by atoms with van der Waals surface area (Å²) in [5.74, 6) is -0.811. The molecule has 0 saturated carbocycles. The second kappa shape index (κ2) is 49.2. The lowest BCUT2D eigenvalue weighted by molar-refractivity contribution is -0.161. The van der Waals surface area contributed by atoms with Gasteiger partial charge in [0.15, 0.2) is 6.10 Å². The lowest BCUT2D eigenvalue weighted by atomic mass is 10.0. The Labute approximate surface area is 383 Å². The number of allylic oxidation sites excluding steroid dienone is 2. The van der Waals surface area contributed by atoms with E-state index in [1.165, 1.54) is 212 Å². The molecule has 0 aliphatic heterocycles. The summed E-state index contributed by atoms with van der Waals surface area (Å²) >= 11 is 0. The first-order chi connectivity index (χ1) is 30.3. The van der Waals surface area contributed by atoms with Crippen molar-refractivity contribution in [1.29, 1.82) is 0 Å². The molecule has 0 amide bonds. The predicted molar refractivity (Wildman–Crippen MR) is 261 cm³/mol. The molecule has 0 spiro atoms. The van der Waals surface area contributed by atoms with Gasteiger partial charge in [0.2, 0.25) is 0 Å². The average molecular weight is 900 g/mol. The molecule has 0 rings (SSSR count). The summed E-state index contributed by atoms with van der Waals surface area (Å²) in [5.41, 5.74) is 5.37. The van der Waals surface area contributed by atoms with Gasteiger partial charge in [-0.05, 0) is 38.5 Å². The van der Waals surface area contributed by atoms with Crippen molar-refractivity contribution in [2.45, 2.75) is 283 Å². The third-order valence-electron chi connectivity index (χ3n) is 11.9. The molecule has 0 fully saturated rings. The summed E-state index contributed by atoms with van der Waals surface area (Å²) in [4.78, 5) is 35.1. The summed E-state index contributed by atoms with van der Waals surface area (Å²) in [5, 5.41) is 0. The molecule has 0 aromatic carbocycles. The van der Waals surface area contributed by atoms with E-state index in [-0.39, 0.29) is 38.6 Å². The SMILES string of the molecule is CCCCCCCC/C=C/CCCCCCCCCCCCCC(=O)OC[C@H](COP(=O)(O)OCCN)OC(=O)CCCCCCCCCCCCCCCCCCCCCC. The fourth-order valence-electron chi connectivity index (χ4n) is 7.93. The van der Waals surface area contributed by atoms with Crippen molar-refractivity contribution < 1.29 is 37.6 Å². The number of unbranched alkanes of at least 4 members (excludes halogenated alkanes) is 36. The van der Waals surface area contributed by atoms with Gasteiger partial charge in [-0.2, -0.15) is 0 Å². The maximum atomic E-state index is 12.7. The normalized spacial score (nSPS) is 13.2. The van der Waals surface area contributed by atoms with Crippen LogP contribution in [0, 0.1) is 0 Å². The second-order valence-corrected chi connectivity index (χ2v) is 19.6. The molecule has 9 nitrogen and oxygen atoms in total. The van der Waals surface area contributed by atoms with Gasteiger partial charge in [0.25, 0.3) is 0 Å². The Balaban J connectivity index is 3.98. The monoisotopic (exact) mass is 900 g/mol. The minimum atomic E-state index is -4.38. The van der Waals surface area contributed by atoms with Crippen LogP contribution in [0.15, 0.2) is 12.2 Å². The van der Waals surface area contributed by atoms with Crippen molar-refractivity contribution in [1.82, 2.24) is 0 Å². The van der Waals surface area contributed by atoms with Crippen molar-refractivity contribution in [3.63, 3.8) is 0 Å². The van der Waals surface area contributed by atoms with Gasteiger partial charge >= 0.3 is 19.8 Å². The molecule has 1 unspecified atom stereocenters. The van der Waals surface area contributed by atoms with Gasteiger partial charge in [-0.15, -0.1) is 0 Å². The minimum Gasteiger partial charge on any atom is -0.462 e. The number of nitrogens with two attached hydrogens (primary N) is 1. The van der Waals surface area contributed by atoms with Gasteiger partial charge < -0.3 is 20.1 Å². The molecular weight excluding hydrogens is 798 g/mol. The van der Waals surface area contributed by atoms with Gasteiger partial charge in [-0.25, -0.2) is 4.57 Å². The molecule has 0 heterocycles. The third-order valence-corrected chi connectivity index (χ3v) is 12.9. The number of esters is 2. The van der Waals surface area contributed by atoms with Crippen molar-refractivity contribution in [3.05, 3.63) is 12.2 Å². The summed E-state index contributed by atoms with van der Waals surface area (Å²) in [6.45, 7) is 3.79. The van der Waals surface area contributed by atoms with Crippen LogP contribution >= 0.6 is 7.82 Å². The Bertz CT molecular complexity index is 1030. The van der Waals surface area contributed by atoms with E-state index < -0.39 is 26.5 Å². The standard InChI is InChI=1S/C52H102NO8P/c1-3-5-7-9-11-13-15-17-19-21-23-25-27-28-30-32-34-36-38-40-42-44-51(54)58-48-50(49-60-62(56,57)59-47-46-53)61-52(55)45-43-41-39-37-35-33-31-29-26-24-22-20-18-16-14-12-10-8-6-4-2/h17,19,50H,3-16,18,20-49,53H2,1-2H3,(H,56,57)/b19-17+/t50-/m1/s1. The second-order valence-electron chi connectivity index (χ2n) is 18.1. The highest BCUT2D eigenvalue weighted by Gasteiger charge is 2.26. The molecule has 2 atom stereocenters. The summed E-state index contributed by atoms with van der Waals surface area (Å²) < 4.78 is 33.0. The van der Waals surface area contributed by atoms with Gasteiger partial charge in [0.05, 0.1) is 13.2 Å². The molecule has 62 heavy (non-hydrogen) atoms.